The fourth-order valence-electron chi connectivity index (χ4n) is 3.19. The van der Waals surface area contributed by atoms with Gasteiger partial charge in [0, 0.05) is 24.4 Å². The normalized spacial score (nSPS) is 17.8. The van der Waals surface area contributed by atoms with Gasteiger partial charge < -0.3 is 15.0 Å². The lowest BCUT2D eigenvalue weighted by molar-refractivity contribution is -0.901. The Labute approximate surface area is 153 Å². The van der Waals surface area contributed by atoms with Gasteiger partial charge in [-0.3, -0.25) is 9.59 Å². The topological polar surface area (TPSA) is 84.2 Å². The third kappa shape index (κ3) is 4.82. The SMILES string of the molecule is COc1ccc(/C(C)=N\NC(=O)C(=O)NC2CC2)cc1C[NH+]1CCCC1. The Kier molecular flexibility index (Phi) is 5.88. The number of amides is 2. The standard InChI is InChI=1S/C19H26N4O3/c1-13(21-22-19(25)18(24)20-16-6-7-16)14-5-8-17(26-2)15(11-14)12-23-9-3-4-10-23/h5,8,11,16H,3-4,6-7,9-10,12H2,1-2H3,(H,20,24)(H,22,25)/p+1/b21-13-. The Balaban J connectivity index is 1.66. The number of nitrogens with zero attached hydrogens (tertiary/aromatic N) is 1. The van der Waals surface area contributed by atoms with Crippen LogP contribution in [0, 0.1) is 0 Å². The average Bonchev–Trinajstić information content (AvgIpc) is 3.31. The van der Waals surface area contributed by atoms with E-state index in [0.29, 0.717) is 5.71 Å². The second-order valence-electron chi connectivity index (χ2n) is 7.05. The third-order valence-electron chi connectivity index (χ3n) is 4.89. The largest absolute Gasteiger partial charge is 0.496 e. The van der Waals surface area contributed by atoms with E-state index in [1.54, 1.807) is 12.0 Å². The van der Waals surface area contributed by atoms with Crippen LogP contribution in [0.5, 0.6) is 5.75 Å². The Morgan fingerprint density at radius 2 is 1.96 bits per heavy atom. The van der Waals surface area contributed by atoms with Gasteiger partial charge in [-0.2, -0.15) is 5.10 Å². The third-order valence-corrected chi connectivity index (χ3v) is 4.89. The van der Waals surface area contributed by atoms with Gasteiger partial charge in [-0.1, -0.05) is 0 Å². The minimum Gasteiger partial charge on any atom is -0.496 e. The molecule has 1 aliphatic carbocycles. The summed E-state index contributed by atoms with van der Waals surface area (Å²) in [6.07, 6.45) is 4.42. The molecule has 0 radical (unpaired) electrons. The van der Waals surface area contributed by atoms with Gasteiger partial charge in [0.25, 0.3) is 0 Å². The van der Waals surface area contributed by atoms with Gasteiger partial charge in [0.15, 0.2) is 0 Å². The van der Waals surface area contributed by atoms with Crippen LogP contribution in [0.1, 0.15) is 43.7 Å². The van der Waals surface area contributed by atoms with Crippen LogP contribution in [-0.4, -0.2) is 43.8 Å². The van der Waals surface area contributed by atoms with Crippen molar-refractivity contribution in [1.82, 2.24) is 10.7 Å². The summed E-state index contributed by atoms with van der Waals surface area (Å²) in [5.41, 5.74) is 5.02. The number of likely N-dealkylation sites (tertiary alicyclic amines) is 1. The van der Waals surface area contributed by atoms with E-state index in [2.05, 4.69) is 21.9 Å². The summed E-state index contributed by atoms with van der Waals surface area (Å²) < 4.78 is 5.49. The number of benzene rings is 1. The highest BCUT2D eigenvalue weighted by Gasteiger charge is 2.26. The molecular formula is C19H27N4O3+. The molecule has 7 heteroatoms. The number of hydrazone groups is 1. The number of carbonyl (C=O) groups is 2. The monoisotopic (exact) mass is 359 g/mol. The molecule has 1 heterocycles. The molecule has 1 aromatic carbocycles. The van der Waals surface area contributed by atoms with Crippen molar-refractivity contribution in [3.05, 3.63) is 29.3 Å². The number of carbonyl (C=O) groups excluding carboxylic acids is 2. The summed E-state index contributed by atoms with van der Waals surface area (Å²) in [6, 6.07) is 6.05. The molecule has 0 unspecified atom stereocenters. The molecule has 7 nitrogen and oxygen atoms in total. The molecular weight excluding hydrogens is 332 g/mol. The summed E-state index contributed by atoms with van der Waals surface area (Å²) in [5.74, 6) is -0.489. The molecule has 26 heavy (non-hydrogen) atoms. The number of methoxy groups -OCH3 is 1. The summed E-state index contributed by atoms with van der Waals surface area (Å²) in [6.45, 7) is 5.10. The van der Waals surface area contributed by atoms with Gasteiger partial charge in [0.1, 0.15) is 12.3 Å². The first-order valence-corrected chi connectivity index (χ1v) is 9.23. The minimum absolute atomic E-state index is 0.149. The number of quaternary nitrogens is 1. The molecule has 1 saturated heterocycles. The lowest BCUT2D eigenvalue weighted by Crippen LogP contribution is -3.08. The molecule has 1 saturated carbocycles. The highest BCUT2D eigenvalue weighted by molar-refractivity contribution is 6.35. The molecule has 3 N–H and O–H groups in total. The van der Waals surface area contributed by atoms with Crippen LogP contribution < -0.4 is 20.4 Å². The minimum atomic E-state index is -0.730. The molecule has 0 aromatic heterocycles. The van der Waals surface area contributed by atoms with Crippen molar-refractivity contribution in [1.29, 1.82) is 0 Å². The van der Waals surface area contributed by atoms with Crippen LogP contribution in [0.15, 0.2) is 23.3 Å². The maximum absolute atomic E-state index is 11.8. The predicted molar refractivity (Wildman–Crippen MR) is 98.1 cm³/mol. The van der Waals surface area contributed by atoms with E-state index in [1.165, 1.54) is 25.9 Å². The summed E-state index contributed by atoms with van der Waals surface area (Å²) in [5, 5.41) is 6.72. The smallest absolute Gasteiger partial charge is 0.329 e. The number of ether oxygens (including phenoxy) is 1. The first-order valence-electron chi connectivity index (χ1n) is 9.23. The zero-order valence-electron chi connectivity index (χ0n) is 15.4. The van der Waals surface area contributed by atoms with Crippen LogP contribution in [0.3, 0.4) is 0 Å². The zero-order valence-corrected chi connectivity index (χ0v) is 15.4. The number of nitrogens with one attached hydrogen (secondary N) is 3. The molecule has 140 valence electrons. The van der Waals surface area contributed by atoms with Gasteiger partial charge in [-0.05, 0) is 43.5 Å². The Morgan fingerprint density at radius 3 is 2.62 bits per heavy atom. The Hall–Kier alpha value is -2.41. The van der Waals surface area contributed by atoms with Crippen molar-refractivity contribution < 1.29 is 19.2 Å². The molecule has 2 aliphatic rings. The van der Waals surface area contributed by atoms with Crippen LogP contribution in [0.2, 0.25) is 0 Å². The quantitative estimate of drug-likeness (QED) is 0.380. The fourth-order valence-corrected chi connectivity index (χ4v) is 3.19. The summed E-state index contributed by atoms with van der Waals surface area (Å²) in [7, 11) is 1.68. The number of rotatable bonds is 6. The first kappa shape index (κ1) is 18.4. The van der Waals surface area contributed by atoms with E-state index in [1.807, 2.05) is 19.1 Å². The van der Waals surface area contributed by atoms with E-state index < -0.39 is 11.8 Å². The van der Waals surface area contributed by atoms with Crippen molar-refractivity contribution in [2.45, 2.75) is 45.2 Å². The van der Waals surface area contributed by atoms with E-state index >= 15 is 0 Å². The fraction of sp³-hybridized carbons (Fsp3) is 0.526. The van der Waals surface area contributed by atoms with Crippen molar-refractivity contribution in [3.8, 4) is 5.75 Å². The maximum atomic E-state index is 11.8. The lowest BCUT2D eigenvalue weighted by Gasteiger charge is -2.15. The second-order valence-corrected chi connectivity index (χ2v) is 7.05. The molecule has 3 rings (SSSR count). The Bertz CT molecular complexity index is 707. The van der Waals surface area contributed by atoms with Gasteiger partial charge in [-0.15, -0.1) is 0 Å². The van der Waals surface area contributed by atoms with E-state index in [4.69, 9.17) is 4.74 Å². The van der Waals surface area contributed by atoms with Crippen LogP contribution in [0.4, 0.5) is 0 Å². The van der Waals surface area contributed by atoms with Gasteiger partial charge in [0.05, 0.1) is 25.9 Å². The molecule has 2 fully saturated rings. The van der Waals surface area contributed by atoms with E-state index in [9.17, 15) is 9.59 Å². The van der Waals surface area contributed by atoms with E-state index in [0.717, 1.165) is 36.3 Å². The van der Waals surface area contributed by atoms with Crippen molar-refractivity contribution in [3.63, 3.8) is 0 Å². The highest BCUT2D eigenvalue weighted by atomic mass is 16.5. The highest BCUT2D eigenvalue weighted by Crippen LogP contribution is 2.20. The number of hydrogen-bond acceptors (Lipinski definition) is 4. The Morgan fingerprint density at radius 1 is 1.23 bits per heavy atom. The maximum Gasteiger partial charge on any atom is 0.329 e. The van der Waals surface area contributed by atoms with Crippen molar-refractivity contribution >= 4 is 17.5 Å². The number of hydrogen-bond donors (Lipinski definition) is 3. The van der Waals surface area contributed by atoms with Crippen molar-refractivity contribution in [2.24, 2.45) is 5.10 Å². The molecule has 0 spiro atoms. The van der Waals surface area contributed by atoms with Gasteiger partial charge in [-0.25, -0.2) is 5.43 Å². The average molecular weight is 359 g/mol. The first-order chi connectivity index (χ1) is 12.6. The predicted octanol–water partition coefficient (Wildman–Crippen LogP) is -0.00730. The van der Waals surface area contributed by atoms with Gasteiger partial charge >= 0.3 is 11.8 Å². The lowest BCUT2D eigenvalue weighted by atomic mass is 10.1. The molecule has 0 bridgehead atoms. The summed E-state index contributed by atoms with van der Waals surface area (Å²) >= 11 is 0. The molecule has 1 aromatic rings. The van der Waals surface area contributed by atoms with Crippen molar-refractivity contribution in [2.75, 3.05) is 20.2 Å². The molecule has 0 atom stereocenters. The van der Waals surface area contributed by atoms with Crippen LogP contribution in [0.25, 0.3) is 0 Å². The zero-order chi connectivity index (χ0) is 18.5. The molecule has 2 amide bonds. The summed E-state index contributed by atoms with van der Waals surface area (Å²) in [4.78, 5) is 25.0. The van der Waals surface area contributed by atoms with Crippen LogP contribution >= 0.6 is 0 Å². The van der Waals surface area contributed by atoms with E-state index in [-0.39, 0.29) is 6.04 Å². The van der Waals surface area contributed by atoms with Crippen LogP contribution in [-0.2, 0) is 16.1 Å². The van der Waals surface area contributed by atoms with Gasteiger partial charge in [0.2, 0.25) is 0 Å². The second kappa shape index (κ2) is 8.31. The molecule has 1 aliphatic heterocycles.